The molecular formula is C11H7N3O4S. The van der Waals surface area contributed by atoms with Gasteiger partial charge in [-0.05, 0) is 18.2 Å². The summed E-state index contributed by atoms with van der Waals surface area (Å²) < 4.78 is 0. The Labute approximate surface area is 111 Å². The Morgan fingerprint density at radius 3 is 2.84 bits per heavy atom. The number of rotatable bonds is 4. The minimum atomic E-state index is -1.13. The maximum Gasteiger partial charge on any atom is 0.338 e. The lowest BCUT2D eigenvalue weighted by Crippen LogP contribution is -2.00. The fourth-order valence-corrected chi connectivity index (χ4v) is 2.28. The van der Waals surface area contributed by atoms with Crippen molar-refractivity contribution in [2.24, 2.45) is 0 Å². The zero-order valence-corrected chi connectivity index (χ0v) is 10.2. The Balaban J connectivity index is 2.42. The molecule has 7 nitrogen and oxygen atoms in total. The summed E-state index contributed by atoms with van der Waals surface area (Å²) in [5.41, 5.74) is -0.187. The van der Waals surface area contributed by atoms with E-state index in [0.29, 0.717) is 4.90 Å². The highest BCUT2D eigenvalue weighted by atomic mass is 32.2. The molecule has 1 N–H and O–H groups in total. The number of hydrogen-bond acceptors (Lipinski definition) is 6. The quantitative estimate of drug-likeness (QED) is 0.674. The lowest BCUT2D eigenvalue weighted by atomic mass is 10.3. The Morgan fingerprint density at radius 1 is 1.37 bits per heavy atom. The van der Waals surface area contributed by atoms with E-state index in [-0.39, 0.29) is 16.3 Å². The molecular weight excluding hydrogens is 270 g/mol. The molecule has 8 heteroatoms. The molecule has 2 rings (SSSR count). The van der Waals surface area contributed by atoms with E-state index in [0.717, 1.165) is 18.0 Å². The topological polar surface area (TPSA) is 106 Å². The van der Waals surface area contributed by atoms with Crippen LogP contribution in [0.4, 0.5) is 5.69 Å². The van der Waals surface area contributed by atoms with E-state index < -0.39 is 10.9 Å². The molecule has 0 bridgehead atoms. The molecule has 0 unspecified atom stereocenters. The van der Waals surface area contributed by atoms with E-state index in [9.17, 15) is 14.9 Å². The fraction of sp³-hybridized carbons (Fsp3) is 0. The Morgan fingerprint density at radius 2 is 2.16 bits per heavy atom. The number of carboxylic acids is 1. The number of hydrogen-bond donors (Lipinski definition) is 1. The molecule has 2 aromatic rings. The van der Waals surface area contributed by atoms with Crippen molar-refractivity contribution in [3.8, 4) is 0 Å². The summed E-state index contributed by atoms with van der Waals surface area (Å²) in [6.07, 6.45) is 3.95. The maximum absolute atomic E-state index is 11.0. The summed E-state index contributed by atoms with van der Waals surface area (Å²) in [6.45, 7) is 0. The van der Waals surface area contributed by atoms with Crippen LogP contribution in [0.5, 0.6) is 0 Å². The number of carbonyl (C=O) groups is 1. The highest BCUT2D eigenvalue weighted by Gasteiger charge is 2.18. The second-order valence-corrected chi connectivity index (χ2v) is 4.39. The van der Waals surface area contributed by atoms with Gasteiger partial charge in [-0.1, -0.05) is 11.8 Å². The third kappa shape index (κ3) is 2.86. The molecule has 0 radical (unpaired) electrons. The highest BCUT2D eigenvalue weighted by molar-refractivity contribution is 7.99. The molecule has 0 atom stereocenters. The number of pyridine rings is 2. The first-order valence-corrected chi connectivity index (χ1v) is 5.86. The van der Waals surface area contributed by atoms with E-state index in [4.69, 9.17) is 5.11 Å². The number of nitrogens with zero attached hydrogens (tertiary/aromatic N) is 3. The van der Waals surface area contributed by atoms with E-state index in [1.165, 1.54) is 30.6 Å². The fourth-order valence-electron chi connectivity index (χ4n) is 1.34. The molecule has 0 saturated heterocycles. The Hall–Kier alpha value is -2.48. The standard InChI is InChI=1S/C11H7N3O4S/c15-11(16)7-2-1-4-13-10(7)19-9-3-5-12-6-8(9)14(17)18/h1-6H,(H,15,16). The summed E-state index contributed by atoms with van der Waals surface area (Å²) in [6, 6.07) is 4.34. The summed E-state index contributed by atoms with van der Waals surface area (Å²) in [5, 5.41) is 20.1. The summed E-state index contributed by atoms with van der Waals surface area (Å²) in [7, 11) is 0. The van der Waals surface area contributed by atoms with Crippen LogP contribution in [0.1, 0.15) is 10.4 Å². The third-order valence-corrected chi connectivity index (χ3v) is 3.25. The van der Waals surface area contributed by atoms with Gasteiger partial charge in [0.2, 0.25) is 0 Å². The zero-order valence-electron chi connectivity index (χ0n) is 9.39. The largest absolute Gasteiger partial charge is 0.478 e. The molecule has 2 heterocycles. The van der Waals surface area contributed by atoms with E-state index in [2.05, 4.69) is 9.97 Å². The molecule has 0 aliphatic carbocycles. The van der Waals surface area contributed by atoms with Crippen LogP contribution in [0.15, 0.2) is 46.7 Å². The van der Waals surface area contributed by atoms with Crippen molar-refractivity contribution >= 4 is 23.4 Å². The second kappa shape index (κ2) is 5.44. The molecule has 0 saturated carbocycles. The van der Waals surface area contributed by atoms with Crippen molar-refractivity contribution in [2.75, 3.05) is 0 Å². The van der Waals surface area contributed by atoms with Gasteiger partial charge in [-0.15, -0.1) is 0 Å². The molecule has 0 aliphatic heterocycles. The van der Waals surface area contributed by atoms with Crippen LogP contribution in [-0.2, 0) is 0 Å². The lowest BCUT2D eigenvalue weighted by Gasteiger charge is -2.04. The van der Waals surface area contributed by atoms with Gasteiger partial charge in [0.25, 0.3) is 0 Å². The van der Waals surface area contributed by atoms with Crippen LogP contribution in [-0.4, -0.2) is 26.0 Å². The predicted molar refractivity (Wildman–Crippen MR) is 66.2 cm³/mol. The second-order valence-electron chi connectivity index (χ2n) is 3.36. The van der Waals surface area contributed by atoms with Gasteiger partial charge in [0, 0.05) is 12.4 Å². The van der Waals surface area contributed by atoms with Gasteiger partial charge in [-0.2, -0.15) is 0 Å². The van der Waals surface area contributed by atoms with Crippen molar-refractivity contribution < 1.29 is 14.8 Å². The van der Waals surface area contributed by atoms with Crippen LogP contribution in [0.2, 0.25) is 0 Å². The van der Waals surface area contributed by atoms with Crippen molar-refractivity contribution in [2.45, 2.75) is 9.92 Å². The van der Waals surface area contributed by atoms with Crippen LogP contribution in [0, 0.1) is 10.1 Å². The van der Waals surface area contributed by atoms with E-state index >= 15 is 0 Å². The van der Waals surface area contributed by atoms with Gasteiger partial charge < -0.3 is 5.11 Å². The molecule has 19 heavy (non-hydrogen) atoms. The van der Waals surface area contributed by atoms with Gasteiger partial charge in [-0.25, -0.2) is 9.78 Å². The number of nitro groups is 1. The number of aromatic nitrogens is 2. The lowest BCUT2D eigenvalue weighted by molar-refractivity contribution is -0.388. The van der Waals surface area contributed by atoms with Gasteiger partial charge in [-0.3, -0.25) is 15.1 Å². The zero-order chi connectivity index (χ0) is 13.8. The molecule has 0 fully saturated rings. The third-order valence-electron chi connectivity index (χ3n) is 2.17. The first-order valence-electron chi connectivity index (χ1n) is 5.04. The summed E-state index contributed by atoms with van der Waals surface area (Å²) >= 11 is 0.924. The molecule has 0 amide bonds. The van der Waals surface area contributed by atoms with Crippen molar-refractivity contribution in [1.29, 1.82) is 0 Å². The van der Waals surface area contributed by atoms with Gasteiger partial charge in [0.15, 0.2) is 0 Å². The van der Waals surface area contributed by atoms with Crippen LogP contribution in [0.3, 0.4) is 0 Å². The minimum absolute atomic E-state index is 0.00129. The SMILES string of the molecule is O=C(O)c1cccnc1Sc1ccncc1[N+](=O)[O-]. The Bertz CT molecular complexity index is 592. The summed E-state index contributed by atoms with van der Waals surface area (Å²) in [4.78, 5) is 29.2. The first kappa shape index (κ1) is 13.0. The normalized spacial score (nSPS) is 10.1. The highest BCUT2D eigenvalue weighted by Crippen LogP contribution is 2.34. The maximum atomic E-state index is 11.0. The number of carboxylic acid groups (broad SMARTS) is 1. The molecule has 0 spiro atoms. The summed E-state index contributed by atoms with van der Waals surface area (Å²) in [5.74, 6) is -1.13. The van der Waals surface area contributed by atoms with Crippen LogP contribution < -0.4 is 0 Å². The minimum Gasteiger partial charge on any atom is -0.478 e. The van der Waals surface area contributed by atoms with Gasteiger partial charge in [0.1, 0.15) is 11.2 Å². The van der Waals surface area contributed by atoms with Gasteiger partial charge >= 0.3 is 11.7 Å². The average molecular weight is 277 g/mol. The van der Waals surface area contributed by atoms with E-state index in [1.54, 1.807) is 0 Å². The monoisotopic (exact) mass is 277 g/mol. The van der Waals surface area contributed by atoms with Crippen LogP contribution >= 0.6 is 11.8 Å². The first-order chi connectivity index (χ1) is 9.09. The van der Waals surface area contributed by atoms with Crippen molar-refractivity contribution in [3.63, 3.8) is 0 Å². The Kier molecular flexibility index (Phi) is 3.71. The molecule has 96 valence electrons. The number of aromatic carboxylic acids is 1. The predicted octanol–water partition coefficient (Wildman–Crippen LogP) is 2.23. The molecule has 0 aromatic carbocycles. The van der Waals surface area contributed by atoms with Crippen molar-refractivity contribution in [1.82, 2.24) is 9.97 Å². The van der Waals surface area contributed by atoms with E-state index in [1.807, 2.05) is 0 Å². The average Bonchev–Trinajstić information content (AvgIpc) is 2.39. The molecule has 2 aromatic heterocycles. The van der Waals surface area contributed by atoms with Gasteiger partial charge in [0.05, 0.1) is 15.4 Å². The smallest absolute Gasteiger partial charge is 0.338 e. The van der Waals surface area contributed by atoms with Crippen molar-refractivity contribution in [3.05, 3.63) is 52.5 Å². The molecule has 0 aliphatic rings. The van der Waals surface area contributed by atoms with Crippen LogP contribution in [0.25, 0.3) is 0 Å².